The van der Waals surface area contributed by atoms with Gasteiger partial charge in [0.05, 0.1) is 24.0 Å². The van der Waals surface area contributed by atoms with E-state index in [-0.39, 0.29) is 29.5 Å². The van der Waals surface area contributed by atoms with Crippen LogP contribution in [-0.4, -0.2) is 34.6 Å². The Labute approximate surface area is 205 Å². The first-order valence-corrected chi connectivity index (χ1v) is 12.4. The molecule has 2 aromatic carbocycles. The third-order valence-electron chi connectivity index (χ3n) is 4.55. The number of rotatable bonds is 10. The van der Waals surface area contributed by atoms with Crippen molar-refractivity contribution in [3.8, 4) is 0 Å². The van der Waals surface area contributed by atoms with Gasteiger partial charge in [-0.2, -0.15) is 0 Å². The second-order valence-corrected chi connectivity index (χ2v) is 9.25. The Hall–Kier alpha value is -3.24. The molecule has 0 saturated heterocycles. The number of hydrogen-bond donors (Lipinski definition) is 2. The molecule has 34 heavy (non-hydrogen) atoms. The molecule has 0 aliphatic rings. The number of benzene rings is 2. The highest BCUT2D eigenvalue weighted by Crippen LogP contribution is 2.29. The van der Waals surface area contributed by atoms with Crippen LogP contribution in [0, 0.1) is 5.82 Å². The number of halogens is 1. The number of ether oxygens (including phenoxy) is 1. The van der Waals surface area contributed by atoms with Crippen molar-refractivity contribution in [2.75, 3.05) is 17.2 Å². The molecule has 0 fully saturated rings. The first kappa shape index (κ1) is 25.4. The summed E-state index contributed by atoms with van der Waals surface area (Å²) in [4.78, 5) is 41.9. The van der Waals surface area contributed by atoms with Gasteiger partial charge in [-0.05, 0) is 55.8 Å². The van der Waals surface area contributed by atoms with E-state index in [0.29, 0.717) is 35.1 Å². The lowest BCUT2D eigenvalue weighted by Gasteiger charge is -2.14. The molecule has 0 aliphatic heterocycles. The molecule has 7 nitrogen and oxygen atoms in total. The van der Waals surface area contributed by atoms with E-state index in [1.54, 1.807) is 30.5 Å². The number of carbonyl (C=O) groups is 3. The molecule has 1 atom stereocenters. The van der Waals surface area contributed by atoms with Gasteiger partial charge in [0.15, 0.2) is 5.13 Å². The van der Waals surface area contributed by atoms with Gasteiger partial charge in [-0.25, -0.2) is 9.37 Å². The van der Waals surface area contributed by atoms with E-state index in [0.717, 1.165) is 4.90 Å². The molecule has 0 bridgehead atoms. The normalized spacial score (nSPS) is 11.5. The molecule has 1 unspecified atom stereocenters. The topological polar surface area (TPSA) is 97.4 Å². The average molecular weight is 502 g/mol. The monoisotopic (exact) mass is 501 g/mol. The van der Waals surface area contributed by atoms with Crippen molar-refractivity contribution < 1.29 is 23.5 Å². The number of thioether (sulfide) groups is 1. The average Bonchev–Trinajstić information content (AvgIpc) is 3.24. The summed E-state index contributed by atoms with van der Waals surface area (Å²) in [6, 6.07) is 12.5. The summed E-state index contributed by atoms with van der Waals surface area (Å²) in [5, 5.41) is 7.34. The minimum atomic E-state index is -0.410. The summed E-state index contributed by atoms with van der Waals surface area (Å²) >= 11 is 2.62. The molecule has 3 aromatic rings. The second-order valence-electron chi connectivity index (χ2n) is 7.12. The van der Waals surface area contributed by atoms with Crippen molar-refractivity contribution >= 4 is 51.7 Å². The van der Waals surface area contributed by atoms with E-state index < -0.39 is 5.82 Å². The molecule has 10 heteroatoms. The third-order valence-corrected chi connectivity index (χ3v) is 6.72. The van der Waals surface area contributed by atoms with Gasteiger partial charge >= 0.3 is 5.97 Å². The molecular formula is C24H24FN3O4S2. The summed E-state index contributed by atoms with van der Waals surface area (Å²) in [7, 11) is 0. The van der Waals surface area contributed by atoms with E-state index in [1.165, 1.54) is 47.4 Å². The highest BCUT2D eigenvalue weighted by molar-refractivity contribution is 8.00. The first-order valence-electron chi connectivity index (χ1n) is 10.6. The molecule has 0 saturated carbocycles. The number of nitrogens with zero attached hydrogens (tertiary/aromatic N) is 1. The maximum absolute atomic E-state index is 13.1. The highest BCUT2D eigenvalue weighted by Gasteiger charge is 2.20. The molecule has 1 aromatic heterocycles. The van der Waals surface area contributed by atoms with Gasteiger partial charge in [-0.15, -0.1) is 23.1 Å². The van der Waals surface area contributed by atoms with Crippen LogP contribution >= 0.6 is 23.1 Å². The zero-order chi connectivity index (χ0) is 24.5. The summed E-state index contributed by atoms with van der Waals surface area (Å²) in [5.74, 6) is -1.33. The lowest BCUT2D eigenvalue weighted by Crippen LogP contribution is -2.24. The van der Waals surface area contributed by atoms with Gasteiger partial charge in [0.1, 0.15) is 5.82 Å². The number of hydrogen-bond acceptors (Lipinski definition) is 7. The molecule has 0 aliphatic carbocycles. The smallest absolute Gasteiger partial charge is 0.311 e. The van der Waals surface area contributed by atoms with E-state index in [1.807, 2.05) is 13.0 Å². The van der Waals surface area contributed by atoms with E-state index in [9.17, 15) is 18.8 Å². The SMILES string of the molecule is CCOC(=O)Cc1csc(NC(=O)C(CC)Sc2cccc(NC(=O)c3ccc(F)cc3)c2)n1. The zero-order valence-corrected chi connectivity index (χ0v) is 20.3. The number of carbonyl (C=O) groups excluding carboxylic acids is 3. The zero-order valence-electron chi connectivity index (χ0n) is 18.7. The summed E-state index contributed by atoms with van der Waals surface area (Å²) in [6.45, 7) is 3.95. The van der Waals surface area contributed by atoms with Crippen LogP contribution in [-0.2, 0) is 20.7 Å². The Morgan fingerprint density at radius 3 is 2.59 bits per heavy atom. The van der Waals surface area contributed by atoms with Crippen molar-refractivity contribution in [2.45, 2.75) is 36.8 Å². The third kappa shape index (κ3) is 7.39. The van der Waals surface area contributed by atoms with E-state index in [4.69, 9.17) is 4.74 Å². The predicted molar refractivity (Wildman–Crippen MR) is 132 cm³/mol. The number of amides is 2. The number of esters is 1. The Morgan fingerprint density at radius 2 is 1.88 bits per heavy atom. The molecule has 0 radical (unpaired) electrons. The fraction of sp³-hybridized carbons (Fsp3) is 0.250. The van der Waals surface area contributed by atoms with Crippen LogP contribution in [0.25, 0.3) is 0 Å². The number of nitrogens with one attached hydrogen (secondary N) is 2. The van der Waals surface area contributed by atoms with E-state index >= 15 is 0 Å². The van der Waals surface area contributed by atoms with Crippen LogP contribution < -0.4 is 10.6 Å². The van der Waals surface area contributed by atoms with Crippen LogP contribution in [0.2, 0.25) is 0 Å². The first-order chi connectivity index (χ1) is 16.4. The lowest BCUT2D eigenvalue weighted by atomic mass is 10.2. The molecule has 3 rings (SSSR count). The number of aromatic nitrogens is 1. The molecule has 2 N–H and O–H groups in total. The standard InChI is InChI=1S/C24H24FN3O4S2/c1-3-20(23(31)28-24-27-18(14-33-24)13-21(29)32-4-2)34-19-7-5-6-17(12-19)26-22(30)15-8-10-16(25)11-9-15/h5-12,14,20H,3-4,13H2,1-2H3,(H,26,30)(H,27,28,31). The fourth-order valence-corrected chi connectivity index (χ4v) is 4.66. The van der Waals surface area contributed by atoms with Crippen LogP contribution in [0.5, 0.6) is 0 Å². The predicted octanol–water partition coefficient (Wildman–Crippen LogP) is 5.15. The van der Waals surface area contributed by atoms with E-state index in [2.05, 4.69) is 15.6 Å². The molecule has 0 spiro atoms. The van der Waals surface area contributed by atoms with Gasteiger partial charge in [0.2, 0.25) is 5.91 Å². The number of anilines is 2. The van der Waals surface area contributed by atoms with Gasteiger partial charge in [-0.1, -0.05) is 13.0 Å². The van der Waals surface area contributed by atoms with Crippen molar-refractivity contribution in [2.24, 2.45) is 0 Å². The van der Waals surface area contributed by atoms with Crippen molar-refractivity contribution in [3.63, 3.8) is 0 Å². The van der Waals surface area contributed by atoms with Gasteiger partial charge < -0.3 is 15.4 Å². The van der Waals surface area contributed by atoms with Crippen molar-refractivity contribution in [1.82, 2.24) is 4.98 Å². The second kappa shape index (κ2) is 12.3. The molecular weight excluding hydrogens is 477 g/mol. The minimum Gasteiger partial charge on any atom is -0.466 e. The summed E-state index contributed by atoms with van der Waals surface area (Å²) in [5.41, 5.74) is 1.46. The molecule has 1 heterocycles. The van der Waals surface area contributed by atoms with Crippen molar-refractivity contribution in [3.05, 3.63) is 71.0 Å². The summed E-state index contributed by atoms with van der Waals surface area (Å²) < 4.78 is 18.0. The Kier molecular flexibility index (Phi) is 9.17. The Bertz CT molecular complexity index is 1150. The van der Waals surface area contributed by atoms with Gasteiger partial charge in [0, 0.05) is 21.5 Å². The van der Waals surface area contributed by atoms with Crippen LogP contribution in [0.3, 0.4) is 0 Å². The quantitative estimate of drug-likeness (QED) is 0.295. The highest BCUT2D eigenvalue weighted by atomic mass is 32.2. The largest absolute Gasteiger partial charge is 0.466 e. The fourth-order valence-electron chi connectivity index (χ4n) is 2.93. The lowest BCUT2D eigenvalue weighted by molar-refractivity contribution is -0.142. The molecule has 2 amide bonds. The minimum absolute atomic E-state index is 0.0581. The Morgan fingerprint density at radius 1 is 1.12 bits per heavy atom. The molecule has 178 valence electrons. The Balaban J connectivity index is 1.60. The maximum Gasteiger partial charge on any atom is 0.311 e. The summed E-state index contributed by atoms with van der Waals surface area (Å²) in [6.07, 6.45) is 0.631. The van der Waals surface area contributed by atoms with Gasteiger partial charge in [-0.3, -0.25) is 14.4 Å². The van der Waals surface area contributed by atoms with Gasteiger partial charge in [0.25, 0.3) is 5.91 Å². The maximum atomic E-state index is 13.1. The van der Waals surface area contributed by atoms with Crippen LogP contribution in [0.4, 0.5) is 15.2 Å². The van der Waals surface area contributed by atoms with Crippen LogP contribution in [0.15, 0.2) is 58.8 Å². The van der Waals surface area contributed by atoms with Crippen LogP contribution in [0.1, 0.15) is 36.3 Å². The van der Waals surface area contributed by atoms with Crippen molar-refractivity contribution in [1.29, 1.82) is 0 Å². The number of thiazole rings is 1.